The lowest BCUT2D eigenvalue weighted by molar-refractivity contribution is 0.0697. The van der Waals surface area contributed by atoms with Gasteiger partial charge < -0.3 is 9.84 Å². The normalized spacial score (nSPS) is 18.2. The van der Waals surface area contributed by atoms with Crippen molar-refractivity contribution in [2.45, 2.75) is 25.3 Å². The molecule has 0 saturated carbocycles. The van der Waals surface area contributed by atoms with Crippen molar-refractivity contribution in [3.05, 3.63) is 46.4 Å². The standard InChI is InChI=1S/C17H20N2O3S/c20-17(21)13-4-6-14(7-5-13)22-11-2-10-19-9-1-3-15(19)16-18-8-12-23-16/h4-8,12,15H,1-3,9-11H2,(H,20,21)/t15-/m0/s1. The zero-order valence-electron chi connectivity index (χ0n) is 12.9. The highest BCUT2D eigenvalue weighted by molar-refractivity contribution is 7.09. The quantitative estimate of drug-likeness (QED) is 0.787. The van der Waals surface area contributed by atoms with Gasteiger partial charge in [-0.1, -0.05) is 0 Å². The third-order valence-corrected chi connectivity index (χ3v) is 4.94. The highest BCUT2D eigenvalue weighted by Crippen LogP contribution is 2.32. The number of thiazole rings is 1. The van der Waals surface area contributed by atoms with Gasteiger partial charge in [-0.05, 0) is 50.1 Å². The minimum absolute atomic E-state index is 0.278. The number of carbonyl (C=O) groups is 1. The Labute approximate surface area is 139 Å². The van der Waals surface area contributed by atoms with Crippen LogP contribution in [-0.2, 0) is 0 Å². The van der Waals surface area contributed by atoms with Crippen LogP contribution < -0.4 is 4.74 Å². The summed E-state index contributed by atoms with van der Waals surface area (Å²) < 4.78 is 5.69. The van der Waals surface area contributed by atoms with Gasteiger partial charge in [-0.2, -0.15) is 0 Å². The van der Waals surface area contributed by atoms with Crippen molar-refractivity contribution in [2.75, 3.05) is 19.7 Å². The summed E-state index contributed by atoms with van der Waals surface area (Å²) in [4.78, 5) is 17.7. The third kappa shape index (κ3) is 4.09. The van der Waals surface area contributed by atoms with Crippen LogP contribution in [0.15, 0.2) is 35.8 Å². The Balaban J connectivity index is 1.43. The van der Waals surface area contributed by atoms with Crippen LogP contribution in [0.25, 0.3) is 0 Å². The van der Waals surface area contributed by atoms with Crippen LogP contribution in [0.3, 0.4) is 0 Å². The molecule has 0 bridgehead atoms. The molecular weight excluding hydrogens is 312 g/mol. The number of hydrogen-bond acceptors (Lipinski definition) is 5. The van der Waals surface area contributed by atoms with E-state index in [0.717, 1.165) is 19.5 Å². The van der Waals surface area contributed by atoms with E-state index in [0.29, 0.717) is 18.4 Å². The molecule has 0 spiro atoms. The van der Waals surface area contributed by atoms with E-state index in [9.17, 15) is 4.79 Å². The summed E-state index contributed by atoms with van der Waals surface area (Å²) in [7, 11) is 0. The first kappa shape index (κ1) is 16.0. The lowest BCUT2D eigenvalue weighted by atomic mass is 10.2. The first-order valence-electron chi connectivity index (χ1n) is 7.83. The Hall–Kier alpha value is -1.92. The molecule has 1 aliphatic rings. The minimum Gasteiger partial charge on any atom is -0.494 e. The molecule has 0 unspecified atom stereocenters. The smallest absolute Gasteiger partial charge is 0.335 e. The van der Waals surface area contributed by atoms with Crippen molar-refractivity contribution < 1.29 is 14.6 Å². The number of carboxylic acid groups (broad SMARTS) is 1. The zero-order valence-corrected chi connectivity index (χ0v) is 13.7. The number of hydrogen-bond donors (Lipinski definition) is 1. The van der Waals surface area contributed by atoms with Gasteiger partial charge in [-0.3, -0.25) is 4.90 Å². The van der Waals surface area contributed by atoms with Crippen molar-refractivity contribution in [1.82, 2.24) is 9.88 Å². The van der Waals surface area contributed by atoms with Gasteiger partial charge >= 0.3 is 5.97 Å². The van der Waals surface area contributed by atoms with Crippen molar-refractivity contribution in [3.8, 4) is 5.75 Å². The molecule has 5 nitrogen and oxygen atoms in total. The topological polar surface area (TPSA) is 62.7 Å². The molecule has 0 amide bonds. The number of nitrogens with zero attached hydrogens (tertiary/aromatic N) is 2. The lowest BCUT2D eigenvalue weighted by Crippen LogP contribution is -2.25. The summed E-state index contributed by atoms with van der Waals surface area (Å²) in [6.07, 6.45) is 5.23. The molecule has 3 rings (SSSR count). The summed E-state index contributed by atoms with van der Waals surface area (Å²) >= 11 is 1.73. The van der Waals surface area contributed by atoms with Gasteiger partial charge in [-0.25, -0.2) is 9.78 Å². The Bertz CT molecular complexity index is 628. The summed E-state index contributed by atoms with van der Waals surface area (Å²) in [5, 5.41) is 12.1. The van der Waals surface area contributed by atoms with Crippen LogP contribution in [0.5, 0.6) is 5.75 Å². The first-order valence-corrected chi connectivity index (χ1v) is 8.71. The molecule has 1 atom stereocenters. The molecule has 6 heteroatoms. The van der Waals surface area contributed by atoms with Gasteiger partial charge in [0.1, 0.15) is 10.8 Å². The molecule has 23 heavy (non-hydrogen) atoms. The van der Waals surface area contributed by atoms with E-state index in [1.54, 1.807) is 35.6 Å². The Kier molecular flexibility index (Phi) is 5.25. The van der Waals surface area contributed by atoms with Gasteiger partial charge in [0.05, 0.1) is 18.2 Å². The fraction of sp³-hybridized carbons (Fsp3) is 0.412. The summed E-state index contributed by atoms with van der Waals surface area (Å²) in [5.74, 6) is -0.202. The number of ether oxygens (including phenoxy) is 1. The zero-order chi connectivity index (χ0) is 16.1. The molecule has 1 aliphatic heterocycles. The highest BCUT2D eigenvalue weighted by atomic mass is 32.1. The molecule has 1 aromatic carbocycles. The monoisotopic (exact) mass is 332 g/mol. The molecule has 0 aliphatic carbocycles. The molecule has 1 fully saturated rings. The SMILES string of the molecule is O=C(O)c1ccc(OCCCN2CCC[C@H]2c2nccs2)cc1. The largest absolute Gasteiger partial charge is 0.494 e. The number of likely N-dealkylation sites (tertiary alicyclic amines) is 1. The van der Waals surface area contributed by atoms with Crippen LogP contribution >= 0.6 is 11.3 Å². The molecule has 1 aromatic heterocycles. The maximum atomic E-state index is 10.8. The second-order valence-electron chi connectivity index (χ2n) is 5.60. The maximum absolute atomic E-state index is 10.8. The van der Waals surface area contributed by atoms with E-state index < -0.39 is 5.97 Å². The van der Waals surface area contributed by atoms with Gasteiger partial charge in [0.25, 0.3) is 0 Å². The number of rotatable bonds is 7. The van der Waals surface area contributed by atoms with Crippen LogP contribution in [-0.4, -0.2) is 40.7 Å². The van der Waals surface area contributed by atoms with Crippen molar-refractivity contribution in [3.63, 3.8) is 0 Å². The number of benzene rings is 1. The average molecular weight is 332 g/mol. The van der Waals surface area contributed by atoms with Crippen molar-refractivity contribution in [1.29, 1.82) is 0 Å². The molecule has 0 radical (unpaired) electrons. The number of aromatic carboxylic acids is 1. The molecule has 2 aromatic rings. The predicted octanol–water partition coefficient (Wildman–Crippen LogP) is 3.45. The third-order valence-electron chi connectivity index (χ3n) is 4.06. The van der Waals surface area contributed by atoms with Crippen molar-refractivity contribution >= 4 is 17.3 Å². The van der Waals surface area contributed by atoms with Crippen LogP contribution in [0.4, 0.5) is 0 Å². The molecule has 2 heterocycles. The van der Waals surface area contributed by atoms with E-state index in [4.69, 9.17) is 9.84 Å². The molecule has 1 N–H and O–H groups in total. The lowest BCUT2D eigenvalue weighted by Gasteiger charge is -2.22. The summed E-state index contributed by atoms with van der Waals surface area (Å²) in [6.45, 7) is 2.75. The van der Waals surface area contributed by atoms with Gasteiger partial charge in [-0.15, -0.1) is 11.3 Å². The average Bonchev–Trinajstić information content (AvgIpc) is 3.23. The fourth-order valence-corrected chi connectivity index (χ4v) is 3.73. The van der Waals surface area contributed by atoms with Crippen LogP contribution in [0.1, 0.15) is 40.7 Å². The van der Waals surface area contributed by atoms with E-state index in [1.807, 2.05) is 11.6 Å². The van der Waals surface area contributed by atoms with Crippen LogP contribution in [0.2, 0.25) is 0 Å². The second kappa shape index (κ2) is 7.57. The number of carboxylic acids is 1. The summed E-state index contributed by atoms with van der Waals surface area (Å²) in [6, 6.07) is 7.01. The number of aromatic nitrogens is 1. The second-order valence-corrected chi connectivity index (χ2v) is 6.52. The minimum atomic E-state index is -0.918. The Morgan fingerprint density at radius 3 is 2.91 bits per heavy atom. The molecule has 1 saturated heterocycles. The van der Waals surface area contributed by atoms with Gasteiger partial charge in [0.2, 0.25) is 0 Å². The molecular formula is C17H20N2O3S. The maximum Gasteiger partial charge on any atom is 0.335 e. The van der Waals surface area contributed by atoms with E-state index >= 15 is 0 Å². The predicted molar refractivity (Wildman–Crippen MR) is 89.2 cm³/mol. The Morgan fingerprint density at radius 2 is 2.22 bits per heavy atom. The van der Waals surface area contributed by atoms with E-state index in [2.05, 4.69) is 9.88 Å². The first-order chi connectivity index (χ1) is 11.2. The fourth-order valence-electron chi connectivity index (χ4n) is 2.92. The van der Waals surface area contributed by atoms with Gasteiger partial charge in [0.15, 0.2) is 0 Å². The summed E-state index contributed by atoms with van der Waals surface area (Å²) in [5.41, 5.74) is 0.278. The molecule has 122 valence electrons. The van der Waals surface area contributed by atoms with E-state index in [-0.39, 0.29) is 5.56 Å². The van der Waals surface area contributed by atoms with E-state index in [1.165, 1.54) is 17.8 Å². The van der Waals surface area contributed by atoms with Gasteiger partial charge in [0, 0.05) is 18.1 Å². The van der Waals surface area contributed by atoms with Crippen LogP contribution in [0, 0.1) is 0 Å². The Morgan fingerprint density at radius 1 is 1.39 bits per heavy atom. The van der Waals surface area contributed by atoms with Crippen molar-refractivity contribution in [2.24, 2.45) is 0 Å². The highest BCUT2D eigenvalue weighted by Gasteiger charge is 2.27.